The number of aromatic nitrogens is 6. The average molecular weight is 210 g/mol. The molecule has 0 amide bonds. The van der Waals surface area contributed by atoms with Gasteiger partial charge in [-0.2, -0.15) is 9.59 Å². The summed E-state index contributed by atoms with van der Waals surface area (Å²) in [6.07, 6.45) is 0. The van der Waals surface area contributed by atoms with Gasteiger partial charge in [0.1, 0.15) is 5.01 Å². The van der Waals surface area contributed by atoms with E-state index in [-0.39, 0.29) is 5.41 Å². The molecule has 74 valence electrons. The highest BCUT2D eigenvalue weighted by Crippen LogP contribution is 2.25. The van der Waals surface area contributed by atoms with E-state index in [4.69, 9.17) is 0 Å². The Morgan fingerprint density at radius 3 is 2.50 bits per heavy atom. The van der Waals surface area contributed by atoms with E-state index in [2.05, 4.69) is 50.8 Å². The first-order chi connectivity index (χ1) is 6.57. The van der Waals surface area contributed by atoms with Crippen LogP contribution >= 0.6 is 11.5 Å². The molecule has 0 unspecified atom stereocenters. The Hall–Kier alpha value is -1.37. The molecule has 6 nitrogen and oxygen atoms in total. The van der Waals surface area contributed by atoms with Gasteiger partial charge in [0, 0.05) is 5.41 Å². The first-order valence-electron chi connectivity index (χ1n) is 4.15. The molecule has 2 rings (SSSR count). The van der Waals surface area contributed by atoms with Crippen LogP contribution in [0.3, 0.4) is 0 Å². The van der Waals surface area contributed by atoms with Crippen LogP contribution in [0, 0.1) is 0 Å². The van der Waals surface area contributed by atoms with Crippen LogP contribution < -0.4 is 0 Å². The SMILES string of the molecule is CC(C)(C)c1nc(-c2nn[nH]n2)ns1. The van der Waals surface area contributed by atoms with E-state index in [9.17, 15) is 0 Å². The van der Waals surface area contributed by atoms with Gasteiger partial charge >= 0.3 is 0 Å². The highest BCUT2D eigenvalue weighted by atomic mass is 32.1. The summed E-state index contributed by atoms with van der Waals surface area (Å²) in [5.74, 6) is 0.977. The maximum atomic E-state index is 4.35. The summed E-state index contributed by atoms with van der Waals surface area (Å²) in [6.45, 7) is 6.27. The molecular formula is C7H10N6S. The minimum Gasteiger partial charge on any atom is -0.216 e. The lowest BCUT2D eigenvalue weighted by molar-refractivity contribution is 0.586. The van der Waals surface area contributed by atoms with E-state index in [0.717, 1.165) is 5.01 Å². The summed E-state index contributed by atoms with van der Waals surface area (Å²) in [5, 5.41) is 14.4. The predicted molar refractivity (Wildman–Crippen MR) is 51.8 cm³/mol. The molecule has 0 radical (unpaired) electrons. The fourth-order valence-electron chi connectivity index (χ4n) is 0.875. The van der Waals surface area contributed by atoms with Crippen LogP contribution in [0.5, 0.6) is 0 Å². The molecule has 0 atom stereocenters. The van der Waals surface area contributed by atoms with Crippen molar-refractivity contribution >= 4 is 11.5 Å². The second-order valence-electron chi connectivity index (χ2n) is 3.91. The summed E-state index contributed by atoms with van der Waals surface area (Å²) in [4.78, 5) is 4.35. The Morgan fingerprint density at radius 1 is 1.21 bits per heavy atom. The number of aromatic amines is 1. The summed E-state index contributed by atoms with van der Waals surface area (Å²) in [7, 11) is 0. The molecule has 7 heteroatoms. The molecule has 0 saturated carbocycles. The monoisotopic (exact) mass is 210 g/mol. The zero-order valence-corrected chi connectivity index (χ0v) is 8.96. The number of H-pyrrole nitrogens is 1. The normalized spacial score (nSPS) is 11.9. The Balaban J connectivity index is 2.36. The van der Waals surface area contributed by atoms with Gasteiger partial charge in [0.15, 0.2) is 0 Å². The number of tetrazole rings is 1. The minimum atomic E-state index is 0.0135. The molecule has 0 spiro atoms. The molecule has 2 aromatic rings. The quantitative estimate of drug-likeness (QED) is 0.760. The van der Waals surface area contributed by atoms with Gasteiger partial charge in [-0.3, -0.25) is 0 Å². The topological polar surface area (TPSA) is 80.2 Å². The molecule has 0 aromatic carbocycles. The number of hydrogen-bond donors (Lipinski definition) is 1. The maximum absolute atomic E-state index is 4.35. The number of rotatable bonds is 1. The highest BCUT2D eigenvalue weighted by Gasteiger charge is 2.20. The number of nitrogens with one attached hydrogen (secondary N) is 1. The van der Waals surface area contributed by atoms with Crippen molar-refractivity contribution in [3.05, 3.63) is 5.01 Å². The zero-order chi connectivity index (χ0) is 10.2. The molecule has 0 aliphatic rings. The zero-order valence-electron chi connectivity index (χ0n) is 8.14. The molecule has 2 aromatic heterocycles. The molecule has 0 fully saturated rings. The lowest BCUT2D eigenvalue weighted by Crippen LogP contribution is -2.10. The molecular weight excluding hydrogens is 200 g/mol. The molecule has 14 heavy (non-hydrogen) atoms. The van der Waals surface area contributed by atoms with Gasteiger partial charge in [-0.15, -0.1) is 10.2 Å². The van der Waals surface area contributed by atoms with E-state index >= 15 is 0 Å². The van der Waals surface area contributed by atoms with Crippen molar-refractivity contribution < 1.29 is 0 Å². The fraction of sp³-hybridized carbons (Fsp3) is 0.571. The van der Waals surface area contributed by atoms with Crippen molar-refractivity contribution in [1.29, 1.82) is 0 Å². The van der Waals surface area contributed by atoms with Crippen molar-refractivity contribution in [2.24, 2.45) is 0 Å². The Morgan fingerprint density at radius 2 is 2.00 bits per heavy atom. The highest BCUT2D eigenvalue weighted by molar-refractivity contribution is 7.05. The van der Waals surface area contributed by atoms with Crippen LogP contribution in [0.4, 0.5) is 0 Å². The van der Waals surface area contributed by atoms with Crippen LogP contribution in [0.1, 0.15) is 25.8 Å². The number of nitrogens with zero attached hydrogens (tertiary/aromatic N) is 5. The molecule has 0 aliphatic heterocycles. The summed E-state index contributed by atoms with van der Waals surface area (Å²) < 4.78 is 4.17. The van der Waals surface area contributed by atoms with E-state index in [1.807, 2.05) is 0 Å². The number of hydrogen-bond acceptors (Lipinski definition) is 6. The van der Waals surface area contributed by atoms with Crippen molar-refractivity contribution in [3.8, 4) is 11.6 Å². The second-order valence-corrected chi connectivity index (χ2v) is 4.66. The van der Waals surface area contributed by atoms with Gasteiger partial charge in [-0.1, -0.05) is 20.8 Å². The van der Waals surface area contributed by atoms with Crippen molar-refractivity contribution in [1.82, 2.24) is 30.0 Å². The molecule has 1 N–H and O–H groups in total. The third-order valence-corrected chi connectivity index (χ3v) is 2.75. The predicted octanol–water partition coefficient (Wildman–Crippen LogP) is 1.02. The first-order valence-corrected chi connectivity index (χ1v) is 4.93. The molecule has 0 bridgehead atoms. The second kappa shape index (κ2) is 3.09. The van der Waals surface area contributed by atoms with Crippen LogP contribution in [0.15, 0.2) is 0 Å². The third-order valence-electron chi connectivity index (χ3n) is 1.61. The Kier molecular flexibility index (Phi) is 2.03. The lowest BCUT2D eigenvalue weighted by Gasteiger charge is -2.12. The summed E-state index contributed by atoms with van der Waals surface area (Å²) >= 11 is 1.37. The standard InChI is InChI=1S/C7H10N6S/c1-7(2,3)6-8-4(11-14-6)5-9-12-13-10-5/h1-3H3,(H,9,10,12,13). The van der Waals surface area contributed by atoms with Crippen LogP contribution in [0.2, 0.25) is 0 Å². The summed E-state index contributed by atoms with van der Waals surface area (Å²) in [6, 6.07) is 0. The lowest BCUT2D eigenvalue weighted by atomic mass is 9.98. The van der Waals surface area contributed by atoms with Gasteiger partial charge < -0.3 is 0 Å². The van der Waals surface area contributed by atoms with Crippen LogP contribution in [-0.4, -0.2) is 30.0 Å². The maximum Gasteiger partial charge on any atom is 0.242 e. The van der Waals surface area contributed by atoms with Crippen molar-refractivity contribution in [3.63, 3.8) is 0 Å². The van der Waals surface area contributed by atoms with Crippen LogP contribution in [-0.2, 0) is 5.41 Å². The van der Waals surface area contributed by atoms with E-state index < -0.39 is 0 Å². The smallest absolute Gasteiger partial charge is 0.216 e. The summed E-state index contributed by atoms with van der Waals surface area (Å²) in [5.41, 5.74) is 0.0135. The van der Waals surface area contributed by atoms with Gasteiger partial charge in [-0.05, 0) is 16.7 Å². The molecule has 0 aliphatic carbocycles. The Bertz CT molecular complexity index is 412. The van der Waals surface area contributed by atoms with Gasteiger partial charge in [0.05, 0.1) is 0 Å². The third kappa shape index (κ3) is 1.63. The van der Waals surface area contributed by atoms with Gasteiger partial charge in [0.2, 0.25) is 11.6 Å². The largest absolute Gasteiger partial charge is 0.242 e. The van der Waals surface area contributed by atoms with Crippen molar-refractivity contribution in [2.45, 2.75) is 26.2 Å². The van der Waals surface area contributed by atoms with Gasteiger partial charge in [0.25, 0.3) is 0 Å². The molecule has 2 heterocycles. The van der Waals surface area contributed by atoms with E-state index in [0.29, 0.717) is 11.6 Å². The van der Waals surface area contributed by atoms with Gasteiger partial charge in [-0.25, -0.2) is 4.98 Å². The van der Waals surface area contributed by atoms with E-state index in [1.54, 1.807) is 0 Å². The van der Waals surface area contributed by atoms with Crippen LogP contribution in [0.25, 0.3) is 11.6 Å². The minimum absolute atomic E-state index is 0.0135. The first kappa shape index (κ1) is 9.20. The molecule has 0 saturated heterocycles. The average Bonchev–Trinajstić information content (AvgIpc) is 2.73. The van der Waals surface area contributed by atoms with E-state index in [1.165, 1.54) is 11.5 Å². The Labute approximate surface area is 84.9 Å². The van der Waals surface area contributed by atoms with Crippen molar-refractivity contribution in [2.75, 3.05) is 0 Å². The fourth-order valence-corrected chi connectivity index (χ4v) is 1.57.